The van der Waals surface area contributed by atoms with Crippen LogP contribution in [-0.4, -0.2) is 15.5 Å². The lowest BCUT2D eigenvalue weighted by molar-refractivity contribution is -0.124. The molecule has 114 valence electrons. The Bertz CT molecular complexity index is 725. The van der Waals surface area contributed by atoms with Crippen molar-refractivity contribution in [3.05, 3.63) is 53.7 Å². The minimum Gasteiger partial charge on any atom is -0.329 e. The molecule has 0 spiro atoms. The molecule has 0 radical (unpaired) electrons. The molecule has 0 bridgehead atoms. The van der Waals surface area contributed by atoms with Crippen molar-refractivity contribution in [2.75, 3.05) is 0 Å². The number of hydrogen-bond acceptors (Lipinski definition) is 2. The standard InChI is InChI=1S/C18H21N3O/c1-4-17-16(11-12(2)18(22)20-17)14-5-7-15(8-6-14)21-10-9-19-13(21)3/h5-10,12H,4,11H2,1-3H3,(H,20,22). The first-order valence-corrected chi connectivity index (χ1v) is 7.73. The molecule has 3 rings (SSSR count). The lowest BCUT2D eigenvalue weighted by atomic mass is 9.89. The number of amides is 1. The van der Waals surface area contributed by atoms with E-state index in [1.54, 1.807) is 6.20 Å². The van der Waals surface area contributed by atoms with Gasteiger partial charge in [0.1, 0.15) is 5.82 Å². The lowest BCUT2D eigenvalue weighted by Crippen LogP contribution is -2.33. The third-order valence-electron chi connectivity index (χ3n) is 4.27. The summed E-state index contributed by atoms with van der Waals surface area (Å²) in [6.45, 7) is 6.05. The first-order chi connectivity index (χ1) is 10.6. The summed E-state index contributed by atoms with van der Waals surface area (Å²) in [6.07, 6.45) is 5.41. The van der Waals surface area contributed by atoms with Gasteiger partial charge in [-0.1, -0.05) is 26.0 Å². The van der Waals surface area contributed by atoms with Gasteiger partial charge in [0.05, 0.1) is 0 Å². The van der Waals surface area contributed by atoms with E-state index < -0.39 is 0 Å². The van der Waals surface area contributed by atoms with E-state index in [1.165, 1.54) is 11.1 Å². The SMILES string of the molecule is CCC1=C(c2ccc(-n3ccnc3C)cc2)CC(C)C(=O)N1. The predicted molar refractivity (Wildman–Crippen MR) is 87.4 cm³/mol. The number of aromatic nitrogens is 2. The van der Waals surface area contributed by atoms with E-state index in [0.717, 1.165) is 30.1 Å². The number of hydrogen-bond donors (Lipinski definition) is 1. The molecule has 1 aliphatic heterocycles. The van der Waals surface area contributed by atoms with Crippen LogP contribution in [-0.2, 0) is 4.79 Å². The monoisotopic (exact) mass is 295 g/mol. The quantitative estimate of drug-likeness (QED) is 0.942. The zero-order valence-corrected chi connectivity index (χ0v) is 13.3. The fourth-order valence-corrected chi connectivity index (χ4v) is 2.94. The molecule has 4 heteroatoms. The van der Waals surface area contributed by atoms with Crippen molar-refractivity contribution in [2.45, 2.75) is 33.6 Å². The van der Waals surface area contributed by atoms with Gasteiger partial charge in [-0.3, -0.25) is 4.79 Å². The van der Waals surface area contributed by atoms with Gasteiger partial charge in [-0.15, -0.1) is 0 Å². The van der Waals surface area contributed by atoms with Gasteiger partial charge in [0, 0.05) is 29.7 Å². The fourth-order valence-electron chi connectivity index (χ4n) is 2.94. The maximum Gasteiger partial charge on any atom is 0.227 e. The summed E-state index contributed by atoms with van der Waals surface area (Å²) in [5, 5.41) is 3.04. The Morgan fingerprint density at radius 3 is 2.64 bits per heavy atom. The molecule has 2 heterocycles. The normalized spacial score (nSPS) is 18.5. The molecule has 22 heavy (non-hydrogen) atoms. The Morgan fingerprint density at radius 2 is 2.05 bits per heavy atom. The van der Waals surface area contributed by atoms with Crippen molar-refractivity contribution in [1.82, 2.24) is 14.9 Å². The van der Waals surface area contributed by atoms with Crippen molar-refractivity contribution in [1.29, 1.82) is 0 Å². The molecule has 1 aliphatic rings. The molecular formula is C18H21N3O. The molecule has 1 amide bonds. The van der Waals surface area contributed by atoms with E-state index in [2.05, 4.69) is 46.1 Å². The van der Waals surface area contributed by atoms with E-state index in [9.17, 15) is 4.79 Å². The number of carbonyl (C=O) groups excluding carboxylic acids is 1. The highest BCUT2D eigenvalue weighted by atomic mass is 16.1. The zero-order valence-electron chi connectivity index (χ0n) is 13.3. The van der Waals surface area contributed by atoms with Gasteiger partial charge in [-0.05, 0) is 43.0 Å². The van der Waals surface area contributed by atoms with Crippen LogP contribution in [0.1, 0.15) is 38.1 Å². The van der Waals surface area contributed by atoms with Crippen molar-refractivity contribution >= 4 is 11.5 Å². The second-order valence-electron chi connectivity index (χ2n) is 5.80. The van der Waals surface area contributed by atoms with Crippen LogP contribution in [0.15, 0.2) is 42.4 Å². The van der Waals surface area contributed by atoms with E-state index in [1.807, 2.05) is 20.0 Å². The number of rotatable bonds is 3. The van der Waals surface area contributed by atoms with Crippen LogP contribution in [0.4, 0.5) is 0 Å². The summed E-state index contributed by atoms with van der Waals surface area (Å²) in [7, 11) is 0. The minimum absolute atomic E-state index is 0.0286. The van der Waals surface area contributed by atoms with Crippen molar-refractivity contribution in [3.8, 4) is 5.69 Å². The largest absolute Gasteiger partial charge is 0.329 e. The van der Waals surface area contributed by atoms with E-state index in [4.69, 9.17) is 0 Å². The highest BCUT2D eigenvalue weighted by Gasteiger charge is 2.24. The zero-order chi connectivity index (χ0) is 15.7. The Morgan fingerprint density at radius 1 is 1.32 bits per heavy atom. The average Bonchev–Trinajstić information content (AvgIpc) is 2.96. The number of nitrogens with zero attached hydrogens (tertiary/aromatic N) is 2. The van der Waals surface area contributed by atoms with E-state index in [-0.39, 0.29) is 11.8 Å². The Labute approximate surface area is 130 Å². The molecule has 0 saturated heterocycles. The summed E-state index contributed by atoms with van der Waals surface area (Å²) < 4.78 is 2.06. The van der Waals surface area contributed by atoms with Crippen LogP contribution in [0.3, 0.4) is 0 Å². The van der Waals surface area contributed by atoms with Crippen molar-refractivity contribution in [3.63, 3.8) is 0 Å². The molecule has 0 fully saturated rings. The summed E-state index contributed by atoms with van der Waals surface area (Å²) in [6, 6.07) is 8.46. The fraction of sp³-hybridized carbons (Fsp3) is 0.333. The van der Waals surface area contributed by atoms with Crippen LogP contribution in [0.2, 0.25) is 0 Å². The second kappa shape index (κ2) is 5.79. The molecule has 1 unspecified atom stereocenters. The van der Waals surface area contributed by atoms with Gasteiger partial charge >= 0.3 is 0 Å². The molecular weight excluding hydrogens is 274 g/mol. The molecule has 0 saturated carbocycles. The highest BCUT2D eigenvalue weighted by Crippen LogP contribution is 2.31. The molecule has 4 nitrogen and oxygen atoms in total. The van der Waals surface area contributed by atoms with Gasteiger partial charge in [0.25, 0.3) is 0 Å². The predicted octanol–water partition coefficient (Wildman–Crippen LogP) is 3.46. The number of aryl methyl sites for hydroxylation is 1. The number of benzene rings is 1. The van der Waals surface area contributed by atoms with Crippen molar-refractivity contribution < 1.29 is 4.79 Å². The first kappa shape index (κ1) is 14.6. The van der Waals surface area contributed by atoms with Gasteiger partial charge in [0.2, 0.25) is 5.91 Å². The second-order valence-corrected chi connectivity index (χ2v) is 5.80. The third-order valence-corrected chi connectivity index (χ3v) is 4.27. The van der Waals surface area contributed by atoms with Crippen LogP contribution in [0.25, 0.3) is 11.3 Å². The number of nitrogens with one attached hydrogen (secondary N) is 1. The van der Waals surface area contributed by atoms with Crippen molar-refractivity contribution in [2.24, 2.45) is 5.92 Å². The minimum atomic E-state index is 0.0286. The smallest absolute Gasteiger partial charge is 0.227 e. The van der Waals surface area contributed by atoms with Crippen LogP contribution in [0, 0.1) is 12.8 Å². The summed E-state index contributed by atoms with van der Waals surface area (Å²) >= 11 is 0. The molecule has 1 aromatic heterocycles. The highest BCUT2D eigenvalue weighted by molar-refractivity contribution is 5.88. The third kappa shape index (κ3) is 2.56. The Balaban J connectivity index is 1.95. The maximum atomic E-state index is 11.8. The van der Waals surface area contributed by atoms with Gasteiger partial charge in [-0.2, -0.15) is 0 Å². The summed E-state index contributed by atoms with van der Waals surface area (Å²) in [5.41, 5.74) is 4.59. The Hall–Kier alpha value is -2.36. The van der Waals surface area contributed by atoms with Gasteiger partial charge in [0.15, 0.2) is 0 Å². The van der Waals surface area contributed by atoms with Gasteiger partial charge in [-0.25, -0.2) is 4.98 Å². The average molecular weight is 295 g/mol. The molecule has 1 N–H and O–H groups in total. The van der Waals surface area contributed by atoms with Crippen LogP contribution < -0.4 is 5.32 Å². The van der Waals surface area contributed by atoms with Gasteiger partial charge < -0.3 is 9.88 Å². The topological polar surface area (TPSA) is 46.9 Å². The number of allylic oxidation sites excluding steroid dienone is 2. The molecule has 0 aliphatic carbocycles. The molecule has 2 aromatic rings. The molecule has 1 aromatic carbocycles. The summed E-state index contributed by atoms with van der Waals surface area (Å²) in [4.78, 5) is 16.1. The lowest BCUT2D eigenvalue weighted by Gasteiger charge is -2.25. The van der Waals surface area contributed by atoms with E-state index in [0.29, 0.717) is 0 Å². The maximum absolute atomic E-state index is 11.8. The number of imidazole rings is 1. The number of carbonyl (C=O) groups is 1. The van der Waals surface area contributed by atoms with Crippen LogP contribution in [0.5, 0.6) is 0 Å². The van der Waals surface area contributed by atoms with E-state index >= 15 is 0 Å². The Kier molecular flexibility index (Phi) is 3.84. The molecule has 1 atom stereocenters. The first-order valence-electron chi connectivity index (χ1n) is 7.73. The van der Waals surface area contributed by atoms with Crippen LogP contribution >= 0.6 is 0 Å². The summed E-state index contributed by atoms with van der Waals surface area (Å²) in [5.74, 6) is 1.13.